The number of rotatable bonds is 2. The molecule has 1 aliphatic rings. The third kappa shape index (κ3) is 2.01. The number of halogens is 1. The number of carbonyl (C=O) groups excluding carboxylic acids is 1. The van der Waals surface area contributed by atoms with Crippen LogP contribution in [0.4, 0.5) is 0 Å². The standard InChI is InChI=1S/C9H10ClN3O/c10-8-5-11-7(4-12-8)9(14)13-6-2-1-3-6/h4-6H,1-3H2,(H,13,14). The monoisotopic (exact) mass is 211 g/mol. The van der Waals surface area contributed by atoms with Crippen LogP contribution in [0.5, 0.6) is 0 Å². The van der Waals surface area contributed by atoms with Gasteiger partial charge in [0.1, 0.15) is 10.8 Å². The number of aromatic nitrogens is 2. The Morgan fingerprint density at radius 3 is 2.71 bits per heavy atom. The maximum absolute atomic E-state index is 11.5. The molecule has 1 amide bonds. The fraction of sp³-hybridized carbons (Fsp3) is 0.444. The van der Waals surface area contributed by atoms with Crippen LogP contribution >= 0.6 is 11.6 Å². The van der Waals surface area contributed by atoms with Gasteiger partial charge in [0.2, 0.25) is 0 Å². The molecule has 0 radical (unpaired) electrons. The Balaban J connectivity index is 1.99. The van der Waals surface area contributed by atoms with Gasteiger partial charge in [-0.15, -0.1) is 0 Å². The fourth-order valence-corrected chi connectivity index (χ4v) is 1.34. The number of nitrogens with one attached hydrogen (secondary N) is 1. The summed E-state index contributed by atoms with van der Waals surface area (Å²) < 4.78 is 0. The van der Waals surface area contributed by atoms with Crippen molar-refractivity contribution < 1.29 is 4.79 Å². The van der Waals surface area contributed by atoms with E-state index in [4.69, 9.17) is 11.6 Å². The lowest BCUT2D eigenvalue weighted by Gasteiger charge is -2.25. The van der Waals surface area contributed by atoms with Gasteiger partial charge in [0.25, 0.3) is 5.91 Å². The van der Waals surface area contributed by atoms with Crippen LogP contribution in [-0.2, 0) is 0 Å². The molecule has 1 aromatic rings. The number of hydrogen-bond acceptors (Lipinski definition) is 3. The second kappa shape index (κ2) is 3.92. The molecule has 0 atom stereocenters. The summed E-state index contributed by atoms with van der Waals surface area (Å²) >= 11 is 5.56. The van der Waals surface area contributed by atoms with E-state index in [0.29, 0.717) is 16.9 Å². The molecular weight excluding hydrogens is 202 g/mol. The molecule has 0 bridgehead atoms. The van der Waals surface area contributed by atoms with Gasteiger partial charge < -0.3 is 5.32 Å². The van der Waals surface area contributed by atoms with Gasteiger partial charge in [-0.1, -0.05) is 11.6 Å². The average Bonchev–Trinajstić information content (AvgIpc) is 2.12. The second-order valence-corrected chi connectivity index (χ2v) is 3.71. The fourth-order valence-electron chi connectivity index (χ4n) is 1.24. The number of amides is 1. The van der Waals surface area contributed by atoms with Crippen molar-refractivity contribution in [2.75, 3.05) is 0 Å². The van der Waals surface area contributed by atoms with Crippen LogP contribution in [0, 0.1) is 0 Å². The largest absolute Gasteiger partial charge is 0.348 e. The Hall–Kier alpha value is -1.16. The van der Waals surface area contributed by atoms with Crippen molar-refractivity contribution in [2.45, 2.75) is 25.3 Å². The van der Waals surface area contributed by atoms with E-state index in [2.05, 4.69) is 15.3 Å². The number of hydrogen-bond donors (Lipinski definition) is 1. The molecule has 5 heteroatoms. The van der Waals surface area contributed by atoms with Crippen LogP contribution in [0.15, 0.2) is 12.4 Å². The minimum atomic E-state index is -0.168. The molecule has 14 heavy (non-hydrogen) atoms. The SMILES string of the molecule is O=C(NC1CCC1)c1cnc(Cl)cn1. The van der Waals surface area contributed by atoms with Crippen molar-refractivity contribution in [3.05, 3.63) is 23.2 Å². The third-order valence-electron chi connectivity index (χ3n) is 2.29. The van der Waals surface area contributed by atoms with Gasteiger partial charge >= 0.3 is 0 Å². The highest BCUT2D eigenvalue weighted by atomic mass is 35.5. The van der Waals surface area contributed by atoms with Crippen molar-refractivity contribution in [3.63, 3.8) is 0 Å². The summed E-state index contributed by atoms with van der Waals surface area (Å²) in [6.45, 7) is 0. The molecule has 1 saturated carbocycles. The Kier molecular flexibility index (Phi) is 2.63. The topological polar surface area (TPSA) is 54.9 Å². The van der Waals surface area contributed by atoms with E-state index in [9.17, 15) is 4.79 Å². The molecule has 1 N–H and O–H groups in total. The molecule has 1 heterocycles. The molecule has 4 nitrogen and oxygen atoms in total. The molecule has 0 aliphatic heterocycles. The van der Waals surface area contributed by atoms with E-state index >= 15 is 0 Å². The van der Waals surface area contributed by atoms with Crippen LogP contribution in [-0.4, -0.2) is 21.9 Å². The first kappa shape index (κ1) is 9.40. The highest BCUT2D eigenvalue weighted by Gasteiger charge is 2.20. The van der Waals surface area contributed by atoms with Gasteiger partial charge in [0.15, 0.2) is 0 Å². The predicted octanol–water partition coefficient (Wildman–Crippen LogP) is 1.41. The number of carbonyl (C=O) groups is 1. The maximum Gasteiger partial charge on any atom is 0.271 e. The predicted molar refractivity (Wildman–Crippen MR) is 52.1 cm³/mol. The minimum absolute atomic E-state index is 0.168. The highest BCUT2D eigenvalue weighted by molar-refractivity contribution is 6.29. The molecule has 1 aromatic heterocycles. The first-order valence-electron chi connectivity index (χ1n) is 4.54. The van der Waals surface area contributed by atoms with E-state index in [1.807, 2.05) is 0 Å². The molecule has 74 valence electrons. The van der Waals surface area contributed by atoms with Crippen LogP contribution in [0.2, 0.25) is 5.15 Å². The average molecular weight is 212 g/mol. The van der Waals surface area contributed by atoms with Crippen molar-refractivity contribution >= 4 is 17.5 Å². The summed E-state index contributed by atoms with van der Waals surface area (Å²) in [5, 5.41) is 3.16. The van der Waals surface area contributed by atoms with Gasteiger partial charge in [-0.2, -0.15) is 0 Å². The minimum Gasteiger partial charge on any atom is -0.348 e. The lowest BCUT2D eigenvalue weighted by atomic mass is 9.93. The van der Waals surface area contributed by atoms with Crippen LogP contribution in [0.25, 0.3) is 0 Å². The molecule has 2 rings (SSSR count). The molecule has 1 aliphatic carbocycles. The quantitative estimate of drug-likeness (QED) is 0.805. The van der Waals surface area contributed by atoms with Crippen molar-refractivity contribution in [1.29, 1.82) is 0 Å². The lowest BCUT2D eigenvalue weighted by Crippen LogP contribution is -2.39. The van der Waals surface area contributed by atoms with E-state index in [-0.39, 0.29) is 5.91 Å². The van der Waals surface area contributed by atoms with E-state index in [1.165, 1.54) is 18.8 Å². The van der Waals surface area contributed by atoms with Crippen molar-refractivity contribution in [1.82, 2.24) is 15.3 Å². The van der Waals surface area contributed by atoms with E-state index < -0.39 is 0 Å². The summed E-state index contributed by atoms with van der Waals surface area (Å²) in [4.78, 5) is 19.2. The van der Waals surface area contributed by atoms with Gasteiger partial charge in [-0.3, -0.25) is 4.79 Å². The van der Waals surface area contributed by atoms with Crippen LogP contribution in [0.3, 0.4) is 0 Å². The molecule has 0 aromatic carbocycles. The second-order valence-electron chi connectivity index (χ2n) is 3.33. The summed E-state index contributed by atoms with van der Waals surface area (Å²) in [6, 6.07) is 0.319. The first-order valence-corrected chi connectivity index (χ1v) is 4.92. The Labute approximate surface area is 86.7 Å². The van der Waals surface area contributed by atoms with Gasteiger partial charge in [0, 0.05) is 6.04 Å². The lowest BCUT2D eigenvalue weighted by molar-refractivity contribution is 0.0911. The maximum atomic E-state index is 11.5. The summed E-state index contributed by atoms with van der Waals surface area (Å²) in [5.41, 5.74) is 0.321. The Morgan fingerprint density at radius 2 is 2.21 bits per heavy atom. The van der Waals surface area contributed by atoms with Crippen LogP contribution in [0.1, 0.15) is 29.8 Å². The first-order chi connectivity index (χ1) is 6.75. The smallest absolute Gasteiger partial charge is 0.271 e. The molecule has 0 saturated heterocycles. The summed E-state index contributed by atoms with van der Waals surface area (Å²) in [6.07, 6.45) is 6.07. The molecule has 1 fully saturated rings. The molecule has 0 unspecified atom stereocenters. The summed E-state index contributed by atoms with van der Waals surface area (Å²) in [7, 11) is 0. The van der Waals surface area contributed by atoms with Crippen molar-refractivity contribution in [2.24, 2.45) is 0 Å². The zero-order valence-corrected chi connectivity index (χ0v) is 8.29. The van der Waals surface area contributed by atoms with E-state index in [0.717, 1.165) is 12.8 Å². The van der Waals surface area contributed by atoms with Gasteiger partial charge in [0.05, 0.1) is 12.4 Å². The van der Waals surface area contributed by atoms with Crippen LogP contribution < -0.4 is 5.32 Å². The highest BCUT2D eigenvalue weighted by Crippen LogP contribution is 2.18. The van der Waals surface area contributed by atoms with E-state index in [1.54, 1.807) is 0 Å². The normalized spacial score (nSPS) is 16.1. The zero-order chi connectivity index (χ0) is 9.97. The van der Waals surface area contributed by atoms with Gasteiger partial charge in [-0.05, 0) is 19.3 Å². The third-order valence-corrected chi connectivity index (χ3v) is 2.49. The van der Waals surface area contributed by atoms with Crippen molar-refractivity contribution in [3.8, 4) is 0 Å². The molecular formula is C9H10ClN3O. The van der Waals surface area contributed by atoms with Gasteiger partial charge in [-0.25, -0.2) is 9.97 Å². The molecule has 0 spiro atoms. The Morgan fingerprint density at radius 1 is 1.43 bits per heavy atom. The zero-order valence-electron chi connectivity index (χ0n) is 7.53. The Bertz CT molecular complexity index is 334. The summed E-state index contributed by atoms with van der Waals surface area (Å²) in [5.74, 6) is -0.168. The number of nitrogens with zero attached hydrogens (tertiary/aromatic N) is 2.